The highest BCUT2D eigenvalue weighted by Crippen LogP contribution is 2.36. The second kappa shape index (κ2) is 8.53. The lowest BCUT2D eigenvalue weighted by atomic mass is 10.1. The van der Waals surface area contributed by atoms with Crippen LogP contribution in [0.1, 0.15) is 23.6 Å². The van der Waals surface area contributed by atoms with Gasteiger partial charge in [0.1, 0.15) is 0 Å². The molecule has 5 nitrogen and oxygen atoms in total. The predicted molar refractivity (Wildman–Crippen MR) is 98.9 cm³/mol. The first-order chi connectivity index (χ1) is 11.9. The van der Waals surface area contributed by atoms with Gasteiger partial charge in [-0.1, -0.05) is 23.7 Å². The molecule has 132 valence electrons. The Labute approximate surface area is 151 Å². The van der Waals surface area contributed by atoms with Crippen LogP contribution in [0.2, 0.25) is 5.02 Å². The fraction of sp³-hybridized carbons (Fsp3) is 0.263. The van der Waals surface area contributed by atoms with Crippen LogP contribution in [0.25, 0.3) is 0 Å². The Balaban J connectivity index is 2.33. The monoisotopic (exact) mass is 361 g/mol. The van der Waals surface area contributed by atoms with Crippen LogP contribution in [0.3, 0.4) is 0 Å². The Morgan fingerprint density at radius 1 is 1.28 bits per heavy atom. The summed E-state index contributed by atoms with van der Waals surface area (Å²) in [4.78, 5) is 15.2. The van der Waals surface area contributed by atoms with E-state index in [1.54, 1.807) is 18.3 Å². The van der Waals surface area contributed by atoms with Crippen LogP contribution in [0.5, 0.6) is 11.5 Å². The number of carbonyl (C=O) groups is 1. The van der Waals surface area contributed by atoms with Gasteiger partial charge in [-0.2, -0.15) is 0 Å². The zero-order valence-corrected chi connectivity index (χ0v) is 15.1. The van der Waals surface area contributed by atoms with E-state index in [0.717, 1.165) is 16.8 Å². The van der Waals surface area contributed by atoms with E-state index in [1.165, 1.54) is 5.56 Å². The standard InChI is InChI=1S/C19H20ClNO4/c1-4-24-17-9-14(8-15(20)19(17)25-11-18(22)23)10-21-16-7-5-6-12(2)13(16)3/h5-10H,4,11H2,1-3H3,(H,22,23). The maximum absolute atomic E-state index is 10.7. The second-order valence-electron chi connectivity index (χ2n) is 5.42. The fourth-order valence-corrected chi connectivity index (χ4v) is 2.49. The van der Waals surface area contributed by atoms with Gasteiger partial charge in [0.05, 0.1) is 17.3 Å². The third-order valence-electron chi connectivity index (χ3n) is 3.60. The molecule has 0 aromatic heterocycles. The van der Waals surface area contributed by atoms with Gasteiger partial charge in [-0.15, -0.1) is 0 Å². The number of carboxylic acids is 1. The summed E-state index contributed by atoms with van der Waals surface area (Å²) in [6.45, 7) is 5.79. The number of aliphatic carboxylic acids is 1. The van der Waals surface area contributed by atoms with Crippen LogP contribution in [0, 0.1) is 13.8 Å². The minimum Gasteiger partial charge on any atom is -0.490 e. The largest absolute Gasteiger partial charge is 0.490 e. The summed E-state index contributed by atoms with van der Waals surface area (Å²) in [5, 5.41) is 9.04. The Kier molecular flexibility index (Phi) is 6.42. The van der Waals surface area contributed by atoms with Gasteiger partial charge >= 0.3 is 5.97 Å². The molecular weight excluding hydrogens is 342 g/mol. The number of ether oxygens (including phenoxy) is 2. The van der Waals surface area contributed by atoms with Crippen LogP contribution in [-0.4, -0.2) is 30.5 Å². The van der Waals surface area contributed by atoms with Gasteiger partial charge in [0.15, 0.2) is 18.1 Å². The molecule has 0 radical (unpaired) electrons. The molecule has 0 spiro atoms. The van der Waals surface area contributed by atoms with E-state index in [2.05, 4.69) is 4.99 Å². The molecule has 0 heterocycles. The molecule has 0 saturated carbocycles. The zero-order valence-electron chi connectivity index (χ0n) is 14.4. The highest BCUT2D eigenvalue weighted by molar-refractivity contribution is 6.32. The van der Waals surface area contributed by atoms with E-state index < -0.39 is 12.6 Å². The summed E-state index contributed by atoms with van der Waals surface area (Å²) in [6.07, 6.45) is 1.69. The van der Waals surface area contributed by atoms with Crippen molar-refractivity contribution in [2.75, 3.05) is 13.2 Å². The third-order valence-corrected chi connectivity index (χ3v) is 3.88. The molecule has 0 amide bonds. The SMILES string of the molecule is CCOc1cc(C=Nc2cccc(C)c2C)cc(Cl)c1OCC(=O)O. The average Bonchev–Trinajstić information content (AvgIpc) is 2.55. The van der Waals surface area contributed by atoms with Gasteiger partial charge in [0, 0.05) is 6.21 Å². The number of aryl methyl sites for hydroxylation is 1. The predicted octanol–water partition coefficient (Wildman–Crippen LogP) is 4.57. The molecule has 2 rings (SSSR count). The molecule has 0 unspecified atom stereocenters. The summed E-state index contributed by atoms with van der Waals surface area (Å²) in [5.74, 6) is -0.479. The summed E-state index contributed by atoms with van der Waals surface area (Å²) in [6, 6.07) is 9.31. The summed E-state index contributed by atoms with van der Waals surface area (Å²) < 4.78 is 10.8. The van der Waals surface area contributed by atoms with Crippen molar-refractivity contribution in [3.63, 3.8) is 0 Å². The van der Waals surface area contributed by atoms with Gasteiger partial charge in [-0.05, 0) is 55.7 Å². The first-order valence-electron chi connectivity index (χ1n) is 7.83. The number of aliphatic imine (C=N–C) groups is 1. The first-order valence-corrected chi connectivity index (χ1v) is 8.21. The Hall–Kier alpha value is -2.53. The number of carboxylic acid groups (broad SMARTS) is 1. The second-order valence-corrected chi connectivity index (χ2v) is 5.83. The lowest BCUT2D eigenvalue weighted by Crippen LogP contribution is -2.11. The molecule has 1 N–H and O–H groups in total. The summed E-state index contributed by atoms with van der Waals surface area (Å²) >= 11 is 6.23. The molecule has 0 aliphatic rings. The molecule has 25 heavy (non-hydrogen) atoms. The van der Waals surface area contributed by atoms with Crippen molar-refractivity contribution >= 4 is 29.5 Å². The van der Waals surface area contributed by atoms with E-state index in [9.17, 15) is 4.79 Å². The fourth-order valence-electron chi connectivity index (χ4n) is 2.22. The van der Waals surface area contributed by atoms with Crippen molar-refractivity contribution in [2.45, 2.75) is 20.8 Å². The van der Waals surface area contributed by atoms with Crippen LogP contribution in [-0.2, 0) is 4.79 Å². The minimum atomic E-state index is -1.08. The van der Waals surface area contributed by atoms with Crippen LogP contribution < -0.4 is 9.47 Å². The lowest BCUT2D eigenvalue weighted by Gasteiger charge is -2.13. The highest BCUT2D eigenvalue weighted by atomic mass is 35.5. The molecular formula is C19H20ClNO4. The van der Waals surface area contributed by atoms with Crippen LogP contribution in [0.4, 0.5) is 5.69 Å². The lowest BCUT2D eigenvalue weighted by molar-refractivity contribution is -0.139. The van der Waals surface area contributed by atoms with Gasteiger partial charge in [-0.25, -0.2) is 4.79 Å². The van der Waals surface area contributed by atoms with Crippen LogP contribution in [0.15, 0.2) is 35.3 Å². The molecule has 2 aromatic rings. The van der Waals surface area contributed by atoms with Crippen molar-refractivity contribution in [1.82, 2.24) is 0 Å². The quantitative estimate of drug-likeness (QED) is 0.733. The number of hydrogen-bond donors (Lipinski definition) is 1. The van der Waals surface area contributed by atoms with E-state index in [-0.39, 0.29) is 10.8 Å². The first kappa shape index (κ1) is 18.8. The number of rotatable bonds is 7. The molecule has 0 atom stereocenters. The Morgan fingerprint density at radius 2 is 2.04 bits per heavy atom. The van der Waals surface area contributed by atoms with Gasteiger partial charge in [-0.3, -0.25) is 4.99 Å². The maximum Gasteiger partial charge on any atom is 0.341 e. The molecule has 0 fully saturated rings. The molecule has 0 aliphatic heterocycles. The minimum absolute atomic E-state index is 0.217. The van der Waals surface area contributed by atoms with Crippen molar-refractivity contribution in [1.29, 1.82) is 0 Å². The van der Waals surface area contributed by atoms with E-state index in [4.69, 9.17) is 26.2 Å². The topological polar surface area (TPSA) is 68.1 Å². The van der Waals surface area contributed by atoms with E-state index in [1.807, 2.05) is 39.0 Å². The maximum atomic E-state index is 10.7. The molecule has 2 aromatic carbocycles. The number of halogens is 1. The number of hydrogen-bond acceptors (Lipinski definition) is 4. The van der Waals surface area contributed by atoms with E-state index >= 15 is 0 Å². The van der Waals surface area contributed by atoms with E-state index in [0.29, 0.717) is 12.4 Å². The smallest absolute Gasteiger partial charge is 0.341 e. The van der Waals surface area contributed by atoms with Crippen molar-refractivity contribution in [3.8, 4) is 11.5 Å². The average molecular weight is 362 g/mol. The van der Waals surface area contributed by atoms with Crippen molar-refractivity contribution in [3.05, 3.63) is 52.0 Å². The van der Waals surface area contributed by atoms with Gasteiger partial charge in [0.2, 0.25) is 0 Å². The third kappa shape index (κ3) is 4.97. The van der Waals surface area contributed by atoms with Crippen molar-refractivity contribution < 1.29 is 19.4 Å². The number of nitrogens with zero attached hydrogens (tertiary/aromatic N) is 1. The Morgan fingerprint density at radius 3 is 2.72 bits per heavy atom. The summed E-state index contributed by atoms with van der Waals surface area (Å²) in [7, 11) is 0. The number of benzene rings is 2. The zero-order chi connectivity index (χ0) is 18.4. The van der Waals surface area contributed by atoms with Gasteiger partial charge in [0.25, 0.3) is 0 Å². The molecule has 0 bridgehead atoms. The van der Waals surface area contributed by atoms with Gasteiger partial charge < -0.3 is 14.6 Å². The van der Waals surface area contributed by atoms with Crippen LogP contribution >= 0.6 is 11.6 Å². The molecule has 0 saturated heterocycles. The highest BCUT2D eigenvalue weighted by Gasteiger charge is 2.13. The molecule has 6 heteroatoms. The Bertz CT molecular complexity index is 802. The summed E-state index contributed by atoms with van der Waals surface area (Å²) in [5.41, 5.74) is 3.88. The molecule has 0 aliphatic carbocycles. The van der Waals surface area contributed by atoms with Crippen molar-refractivity contribution in [2.24, 2.45) is 4.99 Å². The normalized spacial score (nSPS) is 10.9.